The highest BCUT2D eigenvalue weighted by molar-refractivity contribution is 6.30. The van der Waals surface area contributed by atoms with Crippen LogP contribution in [0.5, 0.6) is 0 Å². The second kappa shape index (κ2) is 13.1. The van der Waals surface area contributed by atoms with Crippen LogP contribution in [0, 0.1) is 0 Å². The molecule has 18 heavy (non-hydrogen) atoms. The van der Waals surface area contributed by atoms with Crippen LogP contribution in [0.15, 0.2) is 10.6 Å². The number of hydrogen-bond acceptors (Lipinski definition) is 1. The van der Waals surface area contributed by atoms with Crippen molar-refractivity contribution in [3.63, 3.8) is 0 Å². The van der Waals surface area contributed by atoms with Gasteiger partial charge in [-0.15, -0.1) is 0 Å². The molecule has 0 amide bonds. The minimum absolute atomic E-state index is 0.598. The van der Waals surface area contributed by atoms with Crippen LogP contribution in [0.2, 0.25) is 0 Å². The normalized spacial score (nSPS) is 12.4. The van der Waals surface area contributed by atoms with E-state index >= 15 is 0 Å². The summed E-state index contributed by atoms with van der Waals surface area (Å²) in [4.78, 5) is 10.6. The summed E-state index contributed by atoms with van der Waals surface area (Å²) in [6.07, 6.45) is 15.8. The SMILES string of the molecule is CCCCCCCCCCCC/C([C]=O)=C(\C)Cl. The maximum Gasteiger partial charge on any atom is 0.230 e. The molecular weight excluding hydrogens is 244 g/mol. The number of hydrogen-bond donors (Lipinski definition) is 0. The predicted molar refractivity (Wildman–Crippen MR) is 80.7 cm³/mol. The lowest BCUT2D eigenvalue weighted by Gasteiger charge is -2.03. The van der Waals surface area contributed by atoms with Gasteiger partial charge in [-0.1, -0.05) is 76.3 Å². The molecule has 0 aliphatic heterocycles. The highest BCUT2D eigenvalue weighted by Crippen LogP contribution is 2.16. The summed E-state index contributed by atoms with van der Waals surface area (Å²) < 4.78 is 0. The molecule has 0 heterocycles. The van der Waals surface area contributed by atoms with E-state index < -0.39 is 0 Å². The summed E-state index contributed by atoms with van der Waals surface area (Å²) >= 11 is 5.78. The molecular formula is C16H28ClO. The monoisotopic (exact) mass is 271 g/mol. The standard InChI is InChI=1S/C16H28ClO/c1-3-4-5-6-7-8-9-10-11-12-13-16(14-18)15(2)17/h3-13H2,1-2H3/b16-15-. The van der Waals surface area contributed by atoms with E-state index in [1.165, 1.54) is 57.8 Å². The lowest BCUT2D eigenvalue weighted by molar-refractivity contribution is 0.549. The van der Waals surface area contributed by atoms with Gasteiger partial charge in [-0.25, -0.2) is 0 Å². The van der Waals surface area contributed by atoms with E-state index in [0.717, 1.165) is 12.8 Å². The van der Waals surface area contributed by atoms with Crippen LogP contribution in [0.3, 0.4) is 0 Å². The smallest absolute Gasteiger partial charge is 0.230 e. The maximum absolute atomic E-state index is 10.6. The molecule has 0 spiro atoms. The van der Waals surface area contributed by atoms with Crippen molar-refractivity contribution in [2.24, 2.45) is 0 Å². The van der Waals surface area contributed by atoms with Crippen LogP contribution in [0.4, 0.5) is 0 Å². The number of allylic oxidation sites excluding steroid dienone is 2. The van der Waals surface area contributed by atoms with Crippen LogP contribution in [0.25, 0.3) is 0 Å². The molecule has 2 heteroatoms. The third-order valence-corrected chi connectivity index (χ3v) is 3.55. The molecule has 0 rings (SSSR count). The van der Waals surface area contributed by atoms with Gasteiger partial charge in [-0.3, -0.25) is 4.79 Å². The number of unbranched alkanes of at least 4 members (excludes halogenated alkanes) is 9. The Hall–Kier alpha value is -0.300. The zero-order chi connectivity index (χ0) is 13.6. The van der Waals surface area contributed by atoms with E-state index in [1.807, 2.05) is 6.29 Å². The lowest BCUT2D eigenvalue weighted by Crippen LogP contribution is -1.88. The minimum atomic E-state index is 0.598. The molecule has 0 fully saturated rings. The van der Waals surface area contributed by atoms with Crippen LogP contribution < -0.4 is 0 Å². The highest BCUT2D eigenvalue weighted by Gasteiger charge is 2.00. The van der Waals surface area contributed by atoms with E-state index in [1.54, 1.807) is 6.92 Å². The van der Waals surface area contributed by atoms with Gasteiger partial charge >= 0.3 is 0 Å². The van der Waals surface area contributed by atoms with Crippen molar-refractivity contribution >= 4 is 17.9 Å². The number of carbonyl (C=O) groups excluding carboxylic acids is 1. The zero-order valence-corrected chi connectivity index (χ0v) is 12.8. The van der Waals surface area contributed by atoms with Crippen molar-refractivity contribution in [3.8, 4) is 0 Å². The highest BCUT2D eigenvalue weighted by atomic mass is 35.5. The van der Waals surface area contributed by atoms with Crippen LogP contribution in [-0.2, 0) is 4.79 Å². The van der Waals surface area contributed by atoms with E-state index in [2.05, 4.69) is 6.92 Å². The topological polar surface area (TPSA) is 17.1 Å². The van der Waals surface area contributed by atoms with Gasteiger partial charge in [0.05, 0.1) is 0 Å². The molecule has 0 aromatic carbocycles. The first kappa shape index (κ1) is 17.7. The van der Waals surface area contributed by atoms with Gasteiger partial charge in [0.25, 0.3) is 0 Å². The Bertz CT molecular complexity index is 229. The average Bonchev–Trinajstić information content (AvgIpc) is 2.35. The Morgan fingerprint density at radius 2 is 1.33 bits per heavy atom. The Labute approximate surface area is 118 Å². The van der Waals surface area contributed by atoms with E-state index in [9.17, 15) is 4.79 Å². The van der Waals surface area contributed by atoms with Gasteiger partial charge < -0.3 is 0 Å². The van der Waals surface area contributed by atoms with Crippen molar-refractivity contribution in [3.05, 3.63) is 10.6 Å². The summed E-state index contributed by atoms with van der Waals surface area (Å²) in [6, 6.07) is 0. The Morgan fingerprint density at radius 1 is 0.889 bits per heavy atom. The minimum Gasteiger partial charge on any atom is -0.285 e. The Morgan fingerprint density at radius 3 is 1.72 bits per heavy atom. The van der Waals surface area contributed by atoms with Gasteiger partial charge in [0.2, 0.25) is 6.29 Å². The zero-order valence-electron chi connectivity index (χ0n) is 12.1. The molecule has 0 saturated heterocycles. The summed E-state index contributed by atoms with van der Waals surface area (Å²) in [5.41, 5.74) is 0.649. The van der Waals surface area contributed by atoms with Gasteiger partial charge in [-0.05, 0) is 19.8 Å². The first-order valence-corrected chi connectivity index (χ1v) is 7.83. The van der Waals surface area contributed by atoms with Crippen molar-refractivity contribution in [2.75, 3.05) is 0 Å². The molecule has 0 N–H and O–H groups in total. The van der Waals surface area contributed by atoms with Gasteiger partial charge in [-0.2, -0.15) is 0 Å². The van der Waals surface area contributed by atoms with Gasteiger partial charge in [0.1, 0.15) is 0 Å². The third-order valence-electron chi connectivity index (χ3n) is 3.32. The van der Waals surface area contributed by atoms with E-state index in [-0.39, 0.29) is 0 Å². The number of halogens is 1. The molecule has 1 nitrogen and oxygen atoms in total. The largest absolute Gasteiger partial charge is 0.285 e. The number of rotatable bonds is 12. The molecule has 0 bridgehead atoms. The quantitative estimate of drug-likeness (QED) is 0.318. The summed E-state index contributed by atoms with van der Waals surface area (Å²) in [5, 5.41) is 0.598. The maximum atomic E-state index is 10.6. The molecule has 0 aliphatic carbocycles. The molecule has 1 radical (unpaired) electrons. The fraction of sp³-hybridized carbons (Fsp3) is 0.812. The Kier molecular flexibility index (Phi) is 12.9. The fourth-order valence-corrected chi connectivity index (χ4v) is 2.22. The third kappa shape index (κ3) is 10.8. The molecule has 0 atom stereocenters. The van der Waals surface area contributed by atoms with Crippen molar-refractivity contribution in [2.45, 2.75) is 84.5 Å². The molecule has 105 valence electrons. The lowest BCUT2D eigenvalue weighted by atomic mass is 10.0. The Balaban J connectivity index is 3.26. The first-order chi connectivity index (χ1) is 8.72. The van der Waals surface area contributed by atoms with Crippen LogP contribution in [0.1, 0.15) is 84.5 Å². The second-order valence-electron chi connectivity index (χ2n) is 5.05. The molecule has 0 saturated carbocycles. The van der Waals surface area contributed by atoms with E-state index in [0.29, 0.717) is 10.6 Å². The predicted octanol–water partition coefficient (Wildman–Crippen LogP) is 5.92. The molecule has 0 aromatic rings. The van der Waals surface area contributed by atoms with Gasteiger partial charge in [0.15, 0.2) is 0 Å². The van der Waals surface area contributed by atoms with Crippen molar-refractivity contribution in [1.82, 2.24) is 0 Å². The van der Waals surface area contributed by atoms with E-state index in [4.69, 9.17) is 11.6 Å². The average molecular weight is 272 g/mol. The molecule has 0 aliphatic rings. The second-order valence-corrected chi connectivity index (χ2v) is 5.61. The summed E-state index contributed by atoms with van der Waals surface area (Å²) in [7, 11) is 0. The van der Waals surface area contributed by atoms with Crippen molar-refractivity contribution in [1.29, 1.82) is 0 Å². The van der Waals surface area contributed by atoms with Crippen LogP contribution in [-0.4, -0.2) is 6.29 Å². The molecule has 0 aromatic heterocycles. The summed E-state index contributed by atoms with van der Waals surface area (Å²) in [5.74, 6) is 0. The first-order valence-electron chi connectivity index (χ1n) is 7.45. The fourth-order valence-electron chi connectivity index (χ4n) is 2.08. The van der Waals surface area contributed by atoms with Crippen molar-refractivity contribution < 1.29 is 4.79 Å². The summed E-state index contributed by atoms with van der Waals surface area (Å²) in [6.45, 7) is 4.01. The molecule has 0 unspecified atom stereocenters. The van der Waals surface area contributed by atoms with Crippen LogP contribution >= 0.6 is 11.6 Å². The van der Waals surface area contributed by atoms with Gasteiger partial charge in [0, 0.05) is 10.6 Å².